The number of benzene rings is 2. The Morgan fingerprint density at radius 1 is 0.967 bits per heavy atom. The van der Waals surface area contributed by atoms with Gasteiger partial charge in [0, 0.05) is 10.5 Å². The number of amides is 2. The number of carbonyl (C=O) groups is 2. The highest BCUT2D eigenvalue weighted by atomic mass is 32.2. The highest BCUT2D eigenvalue weighted by molar-refractivity contribution is 8.00. The molecule has 3 rings (SSSR count). The first-order valence-corrected chi connectivity index (χ1v) is 9.46. The molecule has 0 saturated heterocycles. The molecule has 0 fully saturated rings. The molecule has 1 aromatic heterocycles. The fourth-order valence-electron chi connectivity index (χ4n) is 2.39. The Morgan fingerprint density at radius 3 is 2.47 bits per heavy atom. The van der Waals surface area contributed by atoms with Crippen molar-refractivity contribution < 1.29 is 31.6 Å². The van der Waals surface area contributed by atoms with Crippen LogP contribution in [0.5, 0.6) is 0 Å². The number of halogens is 4. The van der Waals surface area contributed by atoms with E-state index in [2.05, 4.69) is 10.9 Å². The minimum atomic E-state index is -4.51. The van der Waals surface area contributed by atoms with Crippen LogP contribution in [0.2, 0.25) is 0 Å². The molecule has 0 aliphatic heterocycles. The van der Waals surface area contributed by atoms with Crippen molar-refractivity contribution in [3.8, 4) is 11.3 Å². The van der Waals surface area contributed by atoms with Gasteiger partial charge >= 0.3 is 12.1 Å². The average Bonchev–Trinajstić information content (AvgIpc) is 3.21. The molecule has 0 atom stereocenters. The lowest BCUT2D eigenvalue weighted by Crippen LogP contribution is -2.42. The van der Waals surface area contributed by atoms with Gasteiger partial charge in [0.1, 0.15) is 11.6 Å². The van der Waals surface area contributed by atoms with Crippen LogP contribution in [0, 0.1) is 5.82 Å². The SMILES string of the molecule is O=C(CSc1ccccc1F)NNC(=O)c1ccc(-c2cccc(C(F)(F)F)c2)o1. The Hall–Kier alpha value is -3.27. The van der Waals surface area contributed by atoms with E-state index in [9.17, 15) is 27.2 Å². The highest BCUT2D eigenvalue weighted by Crippen LogP contribution is 2.32. The zero-order chi connectivity index (χ0) is 21.7. The minimum Gasteiger partial charge on any atom is -0.451 e. The third-order valence-corrected chi connectivity index (χ3v) is 4.86. The van der Waals surface area contributed by atoms with E-state index in [0.29, 0.717) is 0 Å². The summed E-state index contributed by atoms with van der Waals surface area (Å²) in [6.45, 7) is 0. The highest BCUT2D eigenvalue weighted by Gasteiger charge is 2.30. The predicted octanol–water partition coefficient (Wildman–Crippen LogP) is 4.66. The Bertz CT molecular complexity index is 1070. The Balaban J connectivity index is 1.56. The first kappa shape index (κ1) is 21.4. The lowest BCUT2D eigenvalue weighted by molar-refractivity contribution is -0.137. The molecule has 10 heteroatoms. The number of carbonyl (C=O) groups excluding carboxylic acids is 2. The maximum absolute atomic E-state index is 13.5. The average molecular weight is 438 g/mol. The van der Waals surface area contributed by atoms with E-state index in [1.54, 1.807) is 6.07 Å². The molecule has 2 aromatic carbocycles. The second kappa shape index (κ2) is 9.04. The molecule has 156 valence electrons. The van der Waals surface area contributed by atoms with Gasteiger partial charge in [-0.25, -0.2) is 4.39 Å². The van der Waals surface area contributed by atoms with E-state index in [0.717, 1.165) is 23.9 Å². The molecule has 0 radical (unpaired) electrons. The van der Waals surface area contributed by atoms with E-state index >= 15 is 0 Å². The molecule has 3 aromatic rings. The summed E-state index contributed by atoms with van der Waals surface area (Å²) in [5.41, 5.74) is 3.59. The Morgan fingerprint density at radius 2 is 1.73 bits per heavy atom. The maximum Gasteiger partial charge on any atom is 0.416 e. The summed E-state index contributed by atoms with van der Waals surface area (Å²) in [6.07, 6.45) is -4.51. The lowest BCUT2D eigenvalue weighted by atomic mass is 10.1. The molecular weight excluding hydrogens is 424 g/mol. The van der Waals surface area contributed by atoms with Crippen molar-refractivity contribution in [1.29, 1.82) is 0 Å². The van der Waals surface area contributed by atoms with Crippen molar-refractivity contribution in [2.24, 2.45) is 0 Å². The van der Waals surface area contributed by atoms with E-state index < -0.39 is 29.4 Å². The van der Waals surface area contributed by atoms with Crippen molar-refractivity contribution >= 4 is 23.6 Å². The number of hydrazine groups is 1. The summed E-state index contributed by atoms with van der Waals surface area (Å²) in [5, 5.41) is 0. The van der Waals surface area contributed by atoms with Gasteiger partial charge in [0.05, 0.1) is 11.3 Å². The van der Waals surface area contributed by atoms with Crippen molar-refractivity contribution in [3.63, 3.8) is 0 Å². The molecule has 0 unspecified atom stereocenters. The van der Waals surface area contributed by atoms with Crippen LogP contribution in [0.4, 0.5) is 17.6 Å². The maximum atomic E-state index is 13.5. The number of nitrogens with one attached hydrogen (secondary N) is 2. The summed E-state index contributed by atoms with van der Waals surface area (Å²) < 4.78 is 57.3. The smallest absolute Gasteiger partial charge is 0.416 e. The van der Waals surface area contributed by atoms with Crippen molar-refractivity contribution in [1.82, 2.24) is 10.9 Å². The molecule has 0 saturated carbocycles. The van der Waals surface area contributed by atoms with Crippen LogP contribution >= 0.6 is 11.8 Å². The van der Waals surface area contributed by atoms with Crippen LogP contribution in [0.25, 0.3) is 11.3 Å². The molecule has 30 heavy (non-hydrogen) atoms. The number of thioether (sulfide) groups is 1. The van der Waals surface area contributed by atoms with E-state index in [4.69, 9.17) is 4.42 Å². The Labute approximate surface area is 172 Å². The zero-order valence-electron chi connectivity index (χ0n) is 15.1. The largest absolute Gasteiger partial charge is 0.451 e. The summed E-state index contributed by atoms with van der Waals surface area (Å²) >= 11 is 0.954. The number of hydrogen-bond acceptors (Lipinski definition) is 4. The van der Waals surface area contributed by atoms with Gasteiger partial charge in [-0.2, -0.15) is 13.2 Å². The van der Waals surface area contributed by atoms with Crippen LogP contribution in [0.3, 0.4) is 0 Å². The number of alkyl halides is 3. The zero-order valence-corrected chi connectivity index (χ0v) is 15.9. The van der Waals surface area contributed by atoms with Gasteiger partial charge in [-0.3, -0.25) is 20.4 Å². The standard InChI is InChI=1S/C20H14F4N2O3S/c21-14-6-1-2-7-17(14)30-11-18(27)25-26-19(28)16-9-8-15(29-16)12-4-3-5-13(10-12)20(22,23)24/h1-10H,11H2,(H,25,27)(H,26,28). The molecular formula is C20H14F4N2O3S. The molecule has 1 heterocycles. The van der Waals surface area contributed by atoms with Gasteiger partial charge in [0.15, 0.2) is 5.76 Å². The fraction of sp³-hybridized carbons (Fsp3) is 0.100. The molecule has 0 spiro atoms. The second-order valence-corrected chi connectivity index (χ2v) is 6.98. The van der Waals surface area contributed by atoms with E-state index in [-0.39, 0.29) is 27.7 Å². The third-order valence-electron chi connectivity index (χ3n) is 3.82. The summed E-state index contributed by atoms with van der Waals surface area (Å²) in [5.74, 6) is -2.12. The molecule has 0 aliphatic carbocycles. The Kier molecular flexibility index (Phi) is 6.46. The third kappa shape index (κ3) is 5.41. The molecule has 5 nitrogen and oxygen atoms in total. The quantitative estimate of drug-likeness (QED) is 0.345. The minimum absolute atomic E-state index is 0.0627. The predicted molar refractivity (Wildman–Crippen MR) is 102 cm³/mol. The molecule has 0 bridgehead atoms. The van der Waals surface area contributed by atoms with Crippen LogP contribution in [-0.4, -0.2) is 17.6 Å². The topological polar surface area (TPSA) is 71.3 Å². The molecule has 2 N–H and O–H groups in total. The van der Waals surface area contributed by atoms with E-state index in [1.165, 1.54) is 42.5 Å². The first-order valence-electron chi connectivity index (χ1n) is 8.48. The van der Waals surface area contributed by atoms with Crippen molar-refractivity contribution in [2.75, 3.05) is 5.75 Å². The van der Waals surface area contributed by atoms with Crippen LogP contribution in [-0.2, 0) is 11.0 Å². The molecule has 0 aliphatic rings. The van der Waals surface area contributed by atoms with Gasteiger partial charge in [-0.15, -0.1) is 11.8 Å². The number of furan rings is 1. The summed E-state index contributed by atoms with van der Waals surface area (Å²) in [4.78, 5) is 24.2. The lowest BCUT2D eigenvalue weighted by Gasteiger charge is -2.07. The monoisotopic (exact) mass is 438 g/mol. The van der Waals surface area contributed by atoms with Gasteiger partial charge in [0.2, 0.25) is 5.91 Å². The fourth-order valence-corrected chi connectivity index (χ4v) is 3.13. The van der Waals surface area contributed by atoms with Gasteiger partial charge < -0.3 is 4.42 Å². The summed E-state index contributed by atoms with van der Waals surface area (Å²) in [7, 11) is 0. The normalized spacial score (nSPS) is 11.2. The van der Waals surface area contributed by atoms with E-state index in [1.807, 2.05) is 0 Å². The van der Waals surface area contributed by atoms with Crippen molar-refractivity contribution in [3.05, 3.63) is 77.8 Å². The van der Waals surface area contributed by atoms with Gasteiger partial charge in [0.25, 0.3) is 0 Å². The summed E-state index contributed by atoms with van der Waals surface area (Å²) in [6, 6.07) is 13.0. The molecule has 2 amide bonds. The van der Waals surface area contributed by atoms with Crippen LogP contribution in [0.15, 0.2) is 70.0 Å². The van der Waals surface area contributed by atoms with Gasteiger partial charge in [-0.1, -0.05) is 24.3 Å². The van der Waals surface area contributed by atoms with Crippen molar-refractivity contribution in [2.45, 2.75) is 11.1 Å². The van der Waals surface area contributed by atoms with Crippen LogP contribution in [0.1, 0.15) is 16.1 Å². The first-order chi connectivity index (χ1) is 14.2. The number of rotatable bonds is 5. The van der Waals surface area contributed by atoms with Crippen LogP contribution < -0.4 is 10.9 Å². The van der Waals surface area contributed by atoms with Gasteiger partial charge in [-0.05, 0) is 36.4 Å². The second-order valence-electron chi connectivity index (χ2n) is 5.96. The number of hydrogen-bond donors (Lipinski definition) is 2.